The molecule has 0 unspecified atom stereocenters. The summed E-state index contributed by atoms with van der Waals surface area (Å²) in [4.78, 5) is 0. The van der Waals surface area contributed by atoms with E-state index in [0.717, 1.165) is 38.5 Å². The number of rotatable bonds is 20. The first kappa shape index (κ1) is 30.3. The highest BCUT2D eigenvalue weighted by Gasteiger charge is 2.59. The van der Waals surface area contributed by atoms with Crippen LogP contribution in [0.4, 0.5) is 0 Å². The molecule has 3 fully saturated rings. The molecule has 0 aromatic heterocycles. The maximum absolute atomic E-state index is 10.3. The summed E-state index contributed by atoms with van der Waals surface area (Å²) in [5, 5.41) is 19.7. The zero-order valence-corrected chi connectivity index (χ0v) is 23.2. The van der Waals surface area contributed by atoms with Gasteiger partial charge < -0.3 is 29.2 Å². The number of ether oxygens (including phenoxy) is 4. The fourth-order valence-corrected chi connectivity index (χ4v) is 6.16. The summed E-state index contributed by atoms with van der Waals surface area (Å²) in [6.45, 7) is 2.55. The Morgan fingerprint density at radius 2 is 1.28 bits per heavy atom. The molecule has 5 atom stereocenters. The molecule has 1 aliphatic carbocycles. The van der Waals surface area contributed by atoms with E-state index in [1.54, 1.807) is 0 Å². The van der Waals surface area contributed by atoms with Crippen molar-refractivity contribution in [3.8, 4) is 0 Å². The Bertz CT molecular complexity index is 552. The first-order valence-corrected chi connectivity index (χ1v) is 15.6. The number of hydrogen-bond acceptors (Lipinski definition) is 6. The molecular formula is C30H56O6. The van der Waals surface area contributed by atoms with E-state index >= 15 is 0 Å². The summed E-state index contributed by atoms with van der Waals surface area (Å²) >= 11 is 0. The zero-order chi connectivity index (χ0) is 25.5. The van der Waals surface area contributed by atoms with Gasteiger partial charge in [0.15, 0.2) is 12.1 Å². The van der Waals surface area contributed by atoms with Crippen LogP contribution in [0.1, 0.15) is 142 Å². The maximum atomic E-state index is 10.3. The number of fused-ring (bicyclic) bond motifs is 1. The van der Waals surface area contributed by atoms with Gasteiger partial charge in [-0.3, -0.25) is 0 Å². The average molecular weight is 513 g/mol. The van der Waals surface area contributed by atoms with Crippen LogP contribution in [-0.2, 0) is 18.9 Å². The molecule has 2 aliphatic heterocycles. The van der Waals surface area contributed by atoms with Crippen molar-refractivity contribution in [3.05, 3.63) is 0 Å². The Balaban J connectivity index is 1.19. The van der Waals surface area contributed by atoms with Gasteiger partial charge in [-0.25, -0.2) is 0 Å². The van der Waals surface area contributed by atoms with Crippen LogP contribution in [0, 0.1) is 0 Å². The predicted molar refractivity (Wildman–Crippen MR) is 143 cm³/mol. The van der Waals surface area contributed by atoms with Crippen LogP contribution >= 0.6 is 0 Å². The quantitative estimate of drug-likeness (QED) is 0.175. The minimum absolute atomic E-state index is 0.324. The average Bonchev–Trinajstić information content (AvgIpc) is 3.39. The second-order valence-corrected chi connectivity index (χ2v) is 11.5. The van der Waals surface area contributed by atoms with Crippen LogP contribution in [0.3, 0.4) is 0 Å². The largest absolute Gasteiger partial charge is 0.394 e. The van der Waals surface area contributed by atoms with Gasteiger partial charge in [0.2, 0.25) is 0 Å². The van der Waals surface area contributed by atoms with Gasteiger partial charge in [-0.2, -0.15) is 0 Å². The topological polar surface area (TPSA) is 77.4 Å². The van der Waals surface area contributed by atoms with Crippen LogP contribution in [0.2, 0.25) is 0 Å². The number of unbranched alkanes of at least 4 members (excludes halogenated alkanes) is 15. The Hall–Kier alpha value is -0.240. The van der Waals surface area contributed by atoms with Gasteiger partial charge >= 0.3 is 0 Å². The molecule has 0 aromatic rings. The van der Waals surface area contributed by atoms with Crippen LogP contribution in [0.5, 0.6) is 0 Å². The highest BCUT2D eigenvalue weighted by atomic mass is 16.8. The van der Waals surface area contributed by atoms with Gasteiger partial charge in [-0.05, 0) is 19.3 Å². The molecule has 0 radical (unpaired) electrons. The van der Waals surface area contributed by atoms with Gasteiger partial charge in [0.1, 0.15) is 24.4 Å². The molecule has 1 spiro atoms. The first-order valence-electron chi connectivity index (χ1n) is 15.6. The summed E-state index contributed by atoms with van der Waals surface area (Å²) in [6, 6.07) is 0. The van der Waals surface area contributed by atoms with E-state index in [4.69, 9.17) is 18.9 Å². The van der Waals surface area contributed by atoms with Crippen LogP contribution in [0.25, 0.3) is 0 Å². The second-order valence-electron chi connectivity index (χ2n) is 11.5. The van der Waals surface area contributed by atoms with Crippen LogP contribution in [-0.4, -0.2) is 59.9 Å². The van der Waals surface area contributed by atoms with Gasteiger partial charge in [0, 0.05) is 19.4 Å². The van der Waals surface area contributed by atoms with Crippen molar-refractivity contribution in [3.63, 3.8) is 0 Å². The fraction of sp³-hybridized carbons (Fsp3) is 1.00. The summed E-state index contributed by atoms with van der Waals surface area (Å²) in [5.74, 6) is -0.543. The molecule has 1 saturated carbocycles. The van der Waals surface area contributed by atoms with E-state index in [-0.39, 0.29) is 12.7 Å². The summed E-state index contributed by atoms with van der Waals surface area (Å²) < 4.78 is 24.7. The van der Waals surface area contributed by atoms with E-state index in [9.17, 15) is 10.2 Å². The molecule has 6 nitrogen and oxygen atoms in total. The standard InChI is InChI=1S/C30H56O6/c1-2-3-4-5-6-7-8-9-10-11-12-13-14-15-16-20-23-33-27-26(25(32)24-31)34-29-28(27)35-30(36-29)21-18-17-19-22-30/h25-29,31-32H,2-24H2,1H3/t25-,26-,27-,28-,29-/m1/s1. The van der Waals surface area contributed by atoms with E-state index in [0.29, 0.717) is 6.61 Å². The molecule has 6 heteroatoms. The molecule has 3 rings (SSSR count). The molecular weight excluding hydrogens is 456 g/mol. The molecule has 212 valence electrons. The van der Waals surface area contributed by atoms with Crippen molar-refractivity contribution in [1.82, 2.24) is 0 Å². The monoisotopic (exact) mass is 512 g/mol. The van der Waals surface area contributed by atoms with Crippen LogP contribution in [0.15, 0.2) is 0 Å². The lowest BCUT2D eigenvalue weighted by atomic mass is 9.94. The van der Waals surface area contributed by atoms with Crippen molar-refractivity contribution in [2.24, 2.45) is 0 Å². The summed E-state index contributed by atoms with van der Waals surface area (Å²) in [5.41, 5.74) is 0. The second kappa shape index (κ2) is 17.4. The smallest absolute Gasteiger partial charge is 0.190 e. The van der Waals surface area contributed by atoms with Gasteiger partial charge in [0.25, 0.3) is 0 Å². The first-order chi connectivity index (χ1) is 17.7. The maximum Gasteiger partial charge on any atom is 0.190 e. The minimum Gasteiger partial charge on any atom is -0.394 e. The van der Waals surface area contributed by atoms with Gasteiger partial charge in [-0.1, -0.05) is 110 Å². The molecule has 0 bridgehead atoms. The van der Waals surface area contributed by atoms with Crippen molar-refractivity contribution >= 4 is 0 Å². The molecule has 3 aliphatic rings. The predicted octanol–water partition coefficient (Wildman–Crippen LogP) is 6.79. The normalized spacial score (nSPS) is 28.1. The Morgan fingerprint density at radius 1 is 0.750 bits per heavy atom. The third kappa shape index (κ3) is 9.81. The fourth-order valence-electron chi connectivity index (χ4n) is 6.16. The number of aliphatic hydroxyl groups is 2. The van der Waals surface area contributed by atoms with E-state index in [1.807, 2.05) is 0 Å². The molecule has 2 saturated heterocycles. The molecule has 0 aromatic carbocycles. The lowest BCUT2D eigenvalue weighted by Crippen LogP contribution is -2.45. The molecule has 2 N–H and O–H groups in total. The molecule has 36 heavy (non-hydrogen) atoms. The Kier molecular flexibility index (Phi) is 14.6. The zero-order valence-electron chi connectivity index (χ0n) is 23.2. The van der Waals surface area contributed by atoms with Crippen molar-refractivity contribution < 1.29 is 29.2 Å². The SMILES string of the molecule is CCCCCCCCCCCCCCCCCCO[C@H]1[C@H]2OC3(CCCCC3)O[C@H]2O[C@@H]1[C@H](O)CO. The van der Waals surface area contributed by atoms with E-state index in [1.165, 1.54) is 96.3 Å². The highest BCUT2D eigenvalue weighted by molar-refractivity contribution is 4.98. The van der Waals surface area contributed by atoms with Crippen molar-refractivity contribution in [2.45, 2.75) is 178 Å². The van der Waals surface area contributed by atoms with Crippen LogP contribution < -0.4 is 0 Å². The third-order valence-electron chi connectivity index (χ3n) is 8.38. The van der Waals surface area contributed by atoms with Gasteiger partial charge in [-0.15, -0.1) is 0 Å². The lowest BCUT2D eigenvalue weighted by Gasteiger charge is -2.34. The summed E-state index contributed by atoms with van der Waals surface area (Å²) in [6.07, 6.45) is 23.9. The van der Waals surface area contributed by atoms with Crippen molar-refractivity contribution in [1.29, 1.82) is 0 Å². The lowest BCUT2D eigenvalue weighted by molar-refractivity contribution is -0.257. The number of hydrogen-bond donors (Lipinski definition) is 2. The third-order valence-corrected chi connectivity index (χ3v) is 8.38. The highest BCUT2D eigenvalue weighted by Crippen LogP contribution is 2.46. The molecule has 0 amide bonds. The van der Waals surface area contributed by atoms with Crippen molar-refractivity contribution in [2.75, 3.05) is 13.2 Å². The minimum atomic E-state index is -0.985. The van der Waals surface area contributed by atoms with E-state index < -0.39 is 30.4 Å². The van der Waals surface area contributed by atoms with E-state index in [2.05, 4.69) is 6.92 Å². The Morgan fingerprint density at radius 3 is 1.81 bits per heavy atom. The Labute approximate surface area is 220 Å². The molecule has 2 heterocycles. The number of aliphatic hydroxyl groups excluding tert-OH is 2. The summed E-state index contributed by atoms with van der Waals surface area (Å²) in [7, 11) is 0. The van der Waals surface area contributed by atoms with Gasteiger partial charge in [0.05, 0.1) is 6.61 Å².